The lowest BCUT2D eigenvalue weighted by Gasteiger charge is -2.40. The van der Waals surface area contributed by atoms with Crippen LogP contribution in [0.3, 0.4) is 0 Å². The van der Waals surface area contributed by atoms with E-state index in [2.05, 4.69) is 14.1 Å². The minimum absolute atomic E-state index is 0.159. The molecule has 2 saturated carbocycles. The second-order valence-electron chi connectivity index (χ2n) is 10.1. The first-order valence-electron chi connectivity index (χ1n) is 12.0. The van der Waals surface area contributed by atoms with Crippen molar-refractivity contribution in [2.24, 2.45) is 11.8 Å². The molecule has 3 aromatic rings. The second-order valence-corrected chi connectivity index (χ2v) is 12.5. The number of rotatable bonds is 9. The predicted molar refractivity (Wildman–Crippen MR) is 140 cm³/mol. The van der Waals surface area contributed by atoms with E-state index < -0.39 is 11.6 Å². The Kier molecular flexibility index (Phi) is 6.98. The van der Waals surface area contributed by atoms with Gasteiger partial charge in [-0.05, 0) is 60.0 Å². The fourth-order valence-electron chi connectivity index (χ4n) is 5.82. The molecule has 35 heavy (non-hydrogen) atoms. The summed E-state index contributed by atoms with van der Waals surface area (Å²) in [6.07, 6.45) is 2.97. The normalized spacial score (nSPS) is 24.0. The first-order valence-corrected chi connectivity index (χ1v) is 14.2. The van der Waals surface area contributed by atoms with Crippen LogP contribution in [0.25, 0.3) is 0 Å². The number of carbonyl (C=O) groups is 1. The molecule has 0 aliphatic heterocycles. The minimum Gasteiger partial charge on any atom is -0.488 e. The van der Waals surface area contributed by atoms with Crippen molar-refractivity contribution in [3.8, 4) is 5.75 Å². The van der Waals surface area contributed by atoms with Crippen LogP contribution in [0.1, 0.15) is 29.0 Å². The number of thiophene rings is 2. The molecular formula is C27H31ClNO4S2+. The van der Waals surface area contributed by atoms with Gasteiger partial charge < -0.3 is 19.1 Å². The molecule has 2 aliphatic rings. The molecule has 4 unspecified atom stereocenters. The Morgan fingerprint density at radius 1 is 1.09 bits per heavy atom. The van der Waals surface area contributed by atoms with Crippen LogP contribution in [0.15, 0.2) is 59.3 Å². The molecule has 2 aromatic heterocycles. The molecule has 4 atom stereocenters. The number of likely N-dealkylation sites (N-methyl/N-ethyl adjacent to an activating group) is 1. The van der Waals surface area contributed by atoms with E-state index in [1.165, 1.54) is 22.7 Å². The standard InChI is InChI=1S/C27H31ClNO4S2/c1-29(2,13-14-32-20-10-8-19(28)9-11-20)22-17-18-7-12-21(22)25(18)33-26(30)27(31,23-5-3-15-34-23)24-6-4-16-35-24/h3-6,8-11,15-16,18,21-22,25,31H,7,12-14,17H2,1-2H3/q+1. The highest BCUT2D eigenvalue weighted by molar-refractivity contribution is 7.12. The van der Waals surface area contributed by atoms with Crippen LogP contribution in [-0.4, -0.2) is 55.0 Å². The van der Waals surface area contributed by atoms with Crippen LogP contribution in [0.2, 0.25) is 5.02 Å². The third-order valence-electron chi connectivity index (χ3n) is 7.74. The maximum Gasteiger partial charge on any atom is 0.349 e. The van der Waals surface area contributed by atoms with Gasteiger partial charge in [0.2, 0.25) is 5.60 Å². The molecule has 0 saturated heterocycles. The number of hydrogen-bond acceptors (Lipinski definition) is 6. The Bertz CT molecular complexity index is 1100. The maximum atomic E-state index is 13.6. The Labute approximate surface area is 219 Å². The van der Waals surface area contributed by atoms with Crippen molar-refractivity contribution in [3.05, 3.63) is 74.1 Å². The Morgan fingerprint density at radius 3 is 2.34 bits per heavy atom. The number of esters is 1. The molecule has 0 spiro atoms. The summed E-state index contributed by atoms with van der Waals surface area (Å²) in [6.45, 7) is 1.45. The SMILES string of the molecule is C[N+](C)(CCOc1ccc(Cl)cc1)C1CC2CCC1C2OC(=O)C(O)(c1cccs1)c1cccs1. The molecule has 2 aliphatic carbocycles. The fourth-order valence-corrected chi connectivity index (χ4v) is 7.66. The molecule has 8 heteroatoms. The zero-order valence-electron chi connectivity index (χ0n) is 19.9. The molecule has 2 fully saturated rings. The molecule has 2 heterocycles. The summed E-state index contributed by atoms with van der Waals surface area (Å²) >= 11 is 8.72. The topological polar surface area (TPSA) is 55.8 Å². The number of benzene rings is 1. The van der Waals surface area contributed by atoms with E-state index in [0.717, 1.165) is 36.0 Å². The van der Waals surface area contributed by atoms with Crippen molar-refractivity contribution in [2.75, 3.05) is 27.2 Å². The van der Waals surface area contributed by atoms with Gasteiger partial charge in [0.15, 0.2) is 0 Å². The molecule has 2 bridgehead atoms. The summed E-state index contributed by atoms with van der Waals surface area (Å²) in [6, 6.07) is 15.1. The zero-order valence-corrected chi connectivity index (χ0v) is 22.3. The number of carbonyl (C=O) groups excluding carboxylic acids is 1. The van der Waals surface area contributed by atoms with Crippen molar-refractivity contribution >= 4 is 40.2 Å². The van der Waals surface area contributed by atoms with Crippen LogP contribution in [-0.2, 0) is 15.1 Å². The summed E-state index contributed by atoms with van der Waals surface area (Å²) in [5.74, 6) is 0.877. The number of ether oxygens (including phenoxy) is 2. The van der Waals surface area contributed by atoms with Crippen molar-refractivity contribution in [2.45, 2.75) is 37.0 Å². The van der Waals surface area contributed by atoms with Crippen LogP contribution >= 0.6 is 34.3 Å². The fraction of sp³-hybridized carbons (Fsp3) is 0.444. The van der Waals surface area contributed by atoms with E-state index >= 15 is 0 Å². The highest BCUT2D eigenvalue weighted by Crippen LogP contribution is 2.50. The first-order chi connectivity index (χ1) is 16.8. The highest BCUT2D eigenvalue weighted by atomic mass is 35.5. The van der Waals surface area contributed by atoms with Crippen molar-refractivity contribution < 1.29 is 23.9 Å². The van der Waals surface area contributed by atoms with E-state index in [4.69, 9.17) is 21.1 Å². The zero-order chi connectivity index (χ0) is 24.6. The number of hydrogen-bond donors (Lipinski definition) is 1. The van der Waals surface area contributed by atoms with Crippen LogP contribution in [0.5, 0.6) is 5.75 Å². The van der Waals surface area contributed by atoms with Crippen LogP contribution in [0, 0.1) is 11.8 Å². The molecule has 0 amide bonds. The Hall–Kier alpha value is -1.90. The second kappa shape index (κ2) is 9.87. The molecule has 1 N–H and O–H groups in total. The molecular weight excluding hydrogens is 502 g/mol. The molecule has 1 aromatic carbocycles. The monoisotopic (exact) mass is 532 g/mol. The van der Waals surface area contributed by atoms with E-state index in [0.29, 0.717) is 33.3 Å². The third kappa shape index (κ3) is 4.77. The summed E-state index contributed by atoms with van der Waals surface area (Å²) in [7, 11) is 4.48. The van der Waals surface area contributed by atoms with Gasteiger partial charge in [-0.3, -0.25) is 0 Å². The first kappa shape index (κ1) is 24.8. The van der Waals surface area contributed by atoms with Gasteiger partial charge in [-0.1, -0.05) is 23.7 Å². The van der Waals surface area contributed by atoms with E-state index in [1.54, 1.807) is 12.1 Å². The number of quaternary nitrogens is 1. The summed E-state index contributed by atoms with van der Waals surface area (Å²) in [4.78, 5) is 14.8. The van der Waals surface area contributed by atoms with Gasteiger partial charge >= 0.3 is 5.97 Å². The van der Waals surface area contributed by atoms with Crippen molar-refractivity contribution in [1.82, 2.24) is 0 Å². The van der Waals surface area contributed by atoms with Gasteiger partial charge in [-0.25, -0.2) is 4.79 Å². The maximum absolute atomic E-state index is 13.6. The average molecular weight is 533 g/mol. The third-order valence-corrected chi connectivity index (χ3v) is 9.95. The van der Waals surface area contributed by atoms with Gasteiger partial charge in [0.1, 0.15) is 25.0 Å². The van der Waals surface area contributed by atoms with E-state index in [-0.39, 0.29) is 12.0 Å². The lowest BCUT2D eigenvalue weighted by atomic mass is 9.93. The smallest absolute Gasteiger partial charge is 0.349 e. The van der Waals surface area contributed by atoms with E-state index in [9.17, 15) is 9.90 Å². The summed E-state index contributed by atoms with van der Waals surface area (Å²) in [5.41, 5.74) is -1.75. The summed E-state index contributed by atoms with van der Waals surface area (Å²) < 4.78 is 13.0. The molecule has 5 rings (SSSR count). The lowest BCUT2D eigenvalue weighted by Crippen LogP contribution is -2.54. The molecule has 186 valence electrons. The Morgan fingerprint density at radius 2 is 1.74 bits per heavy atom. The van der Waals surface area contributed by atoms with Gasteiger partial charge in [-0.2, -0.15) is 0 Å². The average Bonchev–Trinajstić information content (AvgIpc) is 3.65. The van der Waals surface area contributed by atoms with Gasteiger partial charge in [0.25, 0.3) is 0 Å². The highest BCUT2D eigenvalue weighted by Gasteiger charge is 2.57. The van der Waals surface area contributed by atoms with Crippen LogP contribution in [0.4, 0.5) is 0 Å². The van der Waals surface area contributed by atoms with Crippen molar-refractivity contribution in [1.29, 1.82) is 0 Å². The summed E-state index contributed by atoms with van der Waals surface area (Å²) in [5, 5.41) is 16.1. The number of nitrogens with zero attached hydrogens (tertiary/aromatic N) is 1. The van der Waals surface area contributed by atoms with Gasteiger partial charge in [0, 0.05) is 23.3 Å². The number of aliphatic hydroxyl groups is 1. The minimum atomic E-state index is -1.75. The molecule has 5 nitrogen and oxygen atoms in total. The lowest BCUT2D eigenvalue weighted by molar-refractivity contribution is -0.918. The number of halogens is 1. The van der Waals surface area contributed by atoms with Gasteiger partial charge in [0.05, 0.1) is 29.9 Å². The quantitative estimate of drug-likeness (QED) is 0.289. The molecule has 0 radical (unpaired) electrons. The van der Waals surface area contributed by atoms with Crippen LogP contribution < -0.4 is 4.74 Å². The van der Waals surface area contributed by atoms with Gasteiger partial charge in [-0.15, -0.1) is 22.7 Å². The Balaban J connectivity index is 1.26. The largest absolute Gasteiger partial charge is 0.488 e. The predicted octanol–water partition coefficient (Wildman–Crippen LogP) is 5.56. The number of fused-ring (bicyclic) bond motifs is 2. The van der Waals surface area contributed by atoms with E-state index in [1.807, 2.05) is 47.2 Å². The van der Waals surface area contributed by atoms with Crippen molar-refractivity contribution in [3.63, 3.8) is 0 Å².